The molecule has 0 saturated heterocycles. The monoisotopic (exact) mass is 294 g/mol. The average molecular weight is 294 g/mol. The van der Waals surface area contributed by atoms with Gasteiger partial charge in [-0.3, -0.25) is 9.71 Å². The van der Waals surface area contributed by atoms with Gasteiger partial charge in [0, 0.05) is 6.20 Å². The second-order valence-corrected chi connectivity index (χ2v) is 5.51. The minimum atomic E-state index is -3.95. The number of pyridine rings is 1. The van der Waals surface area contributed by atoms with E-state index in [1.54, 1.807) is 6.07 Å². The highest BCUT2D eigenvalue weighted by atomic mass is 32.2. The second kappa shape index (κ2) is 5.17. The number of rotatable bonds is 4. The van der Waals surface area contributed by atoms with Crippen LogP contribution in [0, 0.1) is 0 Å². The Kier molecular flexibility index (Phi) is 3.57. The molecule has 0 unspecified atom stereocenters. The smallest absolute Gasteiger partial charge is 0.339 e. The molecule has 0 atom stereocenters. The van der Waals surface area contributed by atoms with Crippen molar-refractivity contribution in [3.05, 3.63) is 48.3 Å². The van der Waals surface area contributed by atoms with Gasteiger partial charge in [-0.2, -0.15) is 0 Å². The van der Waals surface area contributed by atoms with E-state index in [4.69, 9.17) is 5.11 Å². The van der Waals surface area contributed by atoms with E-state index in [-0.39, 0.29) is 10.6 Å². The number of nitrogens with zero attached hydrogens (tertiary/aromatic N) is 1. The van der Waals surface area contributed by atoms with E-state index in [1.165, 1.54) is 18.5 Å². The van der Waals surface area contributed by atoms with E-state index < -0.39 is 27.3 Å². The Morgan fingerprint density at radius 3 is 2.60 bits per heavy atom. The summed E-state index contributed by atoms with van der Waals surface area (Å²) in [5, 5.41) is 18.2. The molecule has 0 bridgehead atoms. The van der Waals surface area contributed by atoms with E-state index in [1.807, 2.05) is 0 Å². The lowest BCUT2D eigenvalue weighted by Gasteiger charge is -2.08. The molecule has 104 valence electrons. The van der Waals surface area contributed by atoms with Crippen molar-refractivity contribution in [2.24, 2.45) is 0 Å². The van der Waals surface area contributed by atoms with Crippen LogP contribution in [0.5, 0.6) is 5.75 Å². The standard InChI is InChI=1S/C12H10N2O5S/c15-11-4-3-9(6-10(11)12(16)17)20(18,19)14-8-2-1-5-13-7-8/h1-7,14-15H,(H,16,17). The van der Waals surface area contributed by atoms with E-state index in [0.717, 1.165) is 18.2 Å². The molecule has 0 amide bonds. The minimum absolute atomic E-state index is 0.248. The Balaban J connectivity index is 2.40. The van der Waals surface area contributed by atoms with Crippen molar-refractivity contribution >= 4 is 21.7 Å². The number of phenols is 1. The summed E-state index contributed by atoms with van der Waals surface area (Å²) in [6, 6.07) is 6.07. The van der Waals surface area contributed by atoms with Crippen LogP contribution in [-0.2, 0) is 10.0 Å². The van der Waals surface area contributed by atoms with Crippen LogP contribution in [0.25, 0.3) is 0 Å². The number of aromatic carboxylic acids is 1. The maximum Gasteiger partial charge on any atom is 0.339 e. The first-order valence-corrected chi connectivity index (χ1v) is 6.87. The van der Waals surface area contributed by atoms with Crippen molar-refractivity contribution in [1.29, 1.82) is 0 Å². The average Bonchev–Trinajstić information content (AvgIpc) is 2.39. The first-order chi connectivity index (χ1) is 9.40. The fraction of sp³-hybridized carbons (Fsp3) is 0. The van der Waals surface area contributed by atoms with Crippen molar-refractivity contribution in [1.82, 2.24) is 4.98 Å². The van der Waals surface area contributed by atoms with Crippen molar-refractivity contribution in [2.45, 2.75) is 4.90 Å². The van der Waals surface area contributed by atoms with Gasteiger partial charge in [0.05, 0.1) is 16.8 Å². The largest absolute Gasteiger partial charge is 0.507 e. The van der Waals surface area contributed by atoms with Crippen LogP contribution < -0.4 is 4.72 Å². The van der Waals surface area contributed by atoms with Crippen molar-refractivity contribution in [3.8, 4) is 5.75 Å². The van der Waals surface area contributed by atoms with Gasteiger partial charge in [-0.25, -0.2) is 13.2 Å². The molecule has 1 aromatic heterocycles. The van der Waals surface area contributed by atoms with Crippen LogP contribution in [0.2, 0.25) is 0 Å². The number of anilines is 1. The third kappa shape index (κ3) is 2.86. The van der Waals surface area contributed by atoms with E-state index in [9.17, 15) is 18.3 Å². The Bertz CT molecular complexity index is 744. The molecular formula is C12H10N2O5S. The Morgan fingerprint density at radius 1 is 1.25 bits per heavy atom. The summed E-state index contributed by atoms with van der Waals surface area (Å²) in [5.41, 5.74) is -0.239. The number of aromatic nitrogens is 1. The number of benzene rings is 1. The fourth-order valence-corrected chi connectivity index (χ4v) is 2.56. The van der Waals surface area contributed by atoms with E-state index in [2.05, 4.69) is 9.71 Å². The molecule has 8 heteroatoms. The van der Waals surface area contributed by atoms with Crippen LogP contribution in [0.15, 0.2) is 47.6 Å². The van der Waals surface area contributed by atoms with Gasteiger partial charge < -0.3 is 10.2 Å². The number of carboxylic acid groups (broad SMARTS) is 1. The molecule has 3 N–H and O–H groups in total. The SMILES string of the molecule is O=C(O)c1cc(S(=O)(=O)Nc2cccnc2)ccc1O. The lowest BCUT2D eigenvalue weighted by Crippen LogP contribution is -2.13. The molecule has 20 heavy (non-hydrogen) atoms. The quantitative estimate of drug-likeness (QED) is 0.782. The molecule has 0 aliphatic rings. The molecule has 7 nitrogen and oxygen atoms in total. The van der Waals surface area contributed by atoms with Gasteiger partial charge in [0.1, 0.15) is 11.3 Å². The lowest BCUT2D eigenvalue weighted by molar-refractivity contribution is 0.0693. The predicted octanol–water partition coefficient (Wildman–Crippen LogP) is 1.29. The molecule has 0 fully saturated rings. The summed E-state index contributed by atoms with van der Waals surface area (Å²) in [6.07, 6.45) is 2.80. The Hall–Kier alpha value is -2.61. The molecule has 0 aliphatic carbocycles. The molecule has 1 aromatic carbocycles. The maximum atomic E-state index is 12.1. The zero-order valence-electron chi connectivity index (χ0n) is 10.0. The van der Waals surface area contributed by atoms with Crippen molar-refractivity contribution < 1.29 is 23.4 Å². The highest BCUT2D eigenvalue weighted by Crippen LogP contribution is 2.22. The number of aromatic hydroxyl groups is 1. The molecular weight excluding hydrogens is 284 g/mol. The van der Waals surface area contributed by atoms with Crippen LogP contribution in [0.4, 0.5) is 5.69 Å². The number of nitrogens with one attached hydrogen (secondary N) is 1. The summed E-state index contributed by atoms with van der Waals surface area (Å²) < 4.78 is 26.4. The lowest BCUT2D eigenvalue weighted by atomic mass is 10.2. The zero-order valence-corrected chi connectivity index (χ0v) is 10.8. The Labute approximate surface area is 114 Å². The summed E-state index contributed by atoms with van der Waals surface area (Å²) in [7, 11) is -3.95. The summed E-state index contributed by atoms with van der Waals surface area (Å²) >= 11 is 0. The first kappa shape index (κ1) is 13.8. The molecule has 1 heterocycles. The van der Waals surface area contributed by atoms with Crippen molar-refractivity contribution in [2.75, 3.05) is 4.72 Å². The molecule has 0 aliphatic heterocycles. The van der Waals surface area contributed by atoms with Gasteiger partial charge >= 0.3 is 5.97 Å². The highest BCUT2D eigenvalue weighted by molar-refractivity contribution is 7.92. The zero-order chi connectivity index (χ0) is 14.8. The van der Waals surface area contributed by atoms with Gasteiger partial charge in [-0.1, -0.05) is 0 Å². The van der Waals surface area contributed by atoms with Crippen LogP contribution in [-0.4, -0.2) is 29.6 Å². The number of hydrogen-bond acceptors (Lipinski definition) is 5. The minimum Gasteiger partial charge on any atom is -0.507 e. The normalized spacial score (nSPS) is 11.0. The Morgan fingerprint density at radius 2 is 2.00 bits per heavy atom. The molecule has 0 saturated carbocycles. The van der Waals surface area contributed by atoms with Crippen LogP contribution >= 0.6 is 0 Å². The molecule has 0 spiro atoms. The maximum absolute atomic E-state index is 12.1. The van der Waals surface area contributed by atoms with Gasteiger partial charge in [0.2, 0.25) is 0 Å². The number of carbonyl (C=O) groups is 1. The fourth-order valence-electron chi connectivity index (χ4n) is 1.49. The van der Waals surface area contributed by atoms with Crippen LogP contribution in [0.3, 0.4) is 0 Å². The van der Waals surface area contributed by atoms with Crippen LogP contribution in [0.1, 0.15) is 10.4 Å². The number of hydrogen-bond donors (Lipinski definition) is 3. The predicted molar refractivity (Wildman–Crippen MR) is 70.1 cm³/mol. The molecule has 0 radical (unpaired) electrons. The molecule has 2 aromatic rings. The van der Waals surface area contributed by atoms with Gasteiger partial charge in [0.15, 0.2) is 0 Å². The van der Waals surface area contributed by atoms with Gasteiger partial charge in [-0.05, 0) is 30.3 Å². The van der Waals surface area contributed by atoms with E-state index in [0.29, 0.717) is 0 Å². The second-order valence-electron chi connectivity index (χ2n) is 3.83. The highest BCUT2D eigenvalue weighted by Gasteiger charge is 2.18. The number of sulfonamides is 1. The summed E-state index contributed by atoms with van der Waals surface area (Å²) in [5.74, 6) is -1.92. The topological polar surface area (TPSA) is 117 Å². The van der Waals surface area contributed by atoms with Crippen molar-refractivity contribution in [3.63, 3.8) is 0 Å². The third-order valence-electron chi connectivity index (χ3n) is 2.42. The number of carboxylic acids is 1. The molecule has 2 rings (SSSR count). The van der Waals surface area contributed by atoms with Gasteiger partial charge in [-0.15, -0.1) is 0 Å². The van der Waals surface area contributed by atoms with E-state index >= 15 is 0 Å². The van der Waals surface area contributed by atoms with Gasteiger partial charge in [0.25, 0.3) is 10.0 Å². The first-order valence-electron chi connectivity index (χ1n) is 5.39. The summed E-state index contributed by atoms with van der Waals surface area (Å²) in [4.78, 5) is 14.4. The third-order valence-corrected chi connectivity index (χ3v) is 3.80. The summed E-state index contributed by atoms with van der Waals surface area (Å²) in [6.45, 7) is 0.